The van der Waals surface area contributed by atoms with Crippen molar-refractivity contribution < 1.29 is 27.8 Å². The van der Waals surface area contributed by atoms with E-state index in [1.807, 2.05) is 19.0 Å². The van der Waals surface area contributed by atoms with Crippen LogP contribution in [0.5, 0.6) is 5.75 Å². The number of benzene rings is 1. The molecular weight excluding hydrogens is 325 g/mol. The standard InChI is InChI=1S/C16H21F3N2O3/c1-20(2)14-9-21(8-12(14)10-22)15(23)7-11-3-5-13(6-4-11)24-16(17,18)19/h3-6,12,14,22H,7-10H2,1-2H3/t12-,14+/m0/s1. The second-order valence-electron chi connectivity index (χ2n) is 6.14. The summed E-state index contributed by atoms with van der Waals surface area (Å²) in [6.45, 7) is 1.02. The molecule has 8 heteroatoms. The van der Waals surface area contributed by atoms with Crippen molar-refractivity contribution in [2.45, 2.75) is 18.8 Å². The normalized spacial score (nSPS) is 21.4. The van der Waals surface area contributed by atoms with Crippen LogP contribution in [0.25, 0.3) is 0 Å². The van der Waals surface area contributed by atoms with Crippen LogP contribution < -0.4 is 4.74 Å². The van der Waals surface area contributed by atoms with Gasteiger partial charge in [-0.05, 0) is 31.8 Å². The van der Waals surface area contributed by atoms with Crippen LogP contribution in [-0.4, -0.2) is 67.0 Å². The van der Waals surface area contributed by atoms with Crippen molar-refractivity contribution in [3.05, 3.63) is 29.8 Å². The predicted molar refractivity (Wildman–Crippen MR) is 81.5 cm³/mol. The number of aliphatic hydroxyl groups excluding tert-OH is 1. The molecule has 24 heavy (non-hydrogen) atoms. The van der Waals surface area contributed by atoms with Gasteiger partial charge in [0.2, 0.25) is 5.91 Å². The summed E-state index contributed by atoms with van der Waals surface area (Å²) >= 11 is 0. The Morgan fingerprint density at radius 3 is 2.38 bits per heavy atom. The topological polar surface area (TPSA) is 53.0 Å². The number of ether oxygens (including phenoxy) is 1. The third-order valence-corrected chi connectivity index (χ3v) is 4.17. The molecule has 0 aromatic heterocycles. The number of nitrogens with zero attached hydrogens (tertiary/aromatic N) is 2. The number of halogens is 3. The van der Waals surface area contributed by atoms with Crippen molar-refractivity contribution in [2.75, 3.05) is 33.8 Å². The number of alkyl halides is 3. The van der Waals surface area contributed by atoms with Gasteiger partial charge in [0, 0.05) is 31.7 Å². The zero-order valence-electron chi connectivity index (χ0n) is 13.6. The Hall–Kier alpha value is -1.80. The molecule has 0 bridgehead atoms. The van der Waals surface area contributed by atoms with Crippen LogP contribution in [0.4, 0.5) is 13.2 Å². The first kappa shape index (κ1) is 18.5. The Balaban J connectivity index is 1.95. The molecule has 1 aliphatic rings. The van der Waals surface area contributed by atoms with Gasteiger partial charge in [0.15, 0.2) is 0 Å². The van der Waals surface area contributed by atoms with Gasteiger partial charge in [-0.1, -0.05) is 12.1 Å². The van der Waals surface area contributed by atoms with Crippen molar-refractivity contribution in [3.8, 4) is 5.75 Å². The molecule has 2 atom stereocenters. The minimum absolute atomic E-state index is 0.00603. The van der Waals surface area contributed by atoms with E-state index in [9.17, 15) is 23.1 Å². The van der Waals surface area contributed by atoms with Crippen LogP contribution in [0, 0.1) is 5.92 Å². The first-order valence-electron chi connectivity index (χ1n) is 7.59. The molecule has 134 valence electrons. The van der Waals surface area contributed by atoms with Gasteiger partial charge in [0.1, 0.15) is 5.75 Å². The molecule has 1 aromatic carbocycles. The van der Waals surface area contributed by atoms with Gasteiger partial charge in [-0.25, -0.2) is 0 Å². The molecule has 1 fully saturated rings. The van der Waals surface area contributed by atoms with Crippen LogP contribution in [0.1, 0.15) is 5.56 Å². The number of rotatable bonds is 5. The lowest BCUT2D eigenvalue weighted by atomic mass is 10.0. The number of aliphatic hydroxyl groups is 1. The number of carbonyl (C=O) groups is 1. The highest BCUT2D eigenvalue weighted by molar-refractivity contribution is 5.79. The molecule has 1 saturated heterocycles. The van der Waals surface area contributed by atoms with Crippen LogP contribution in [0.15, 0.2) is 24.3 Å². The summed E-state index contributed by atoms with van der Waals surface area (Å²) in [5.74, 6) is -0.415. The maximum absolute atomic E-state index is 12.4. The second-order valence-corrected chi connectivity index (χ2v) is 6.14. The van der Waals surface area contributed by atoms with Gasteiger partial charge in [0.25, 0.3) is 0 Å². The minimum Gasteiger partial charge on any atom is -0.406 e. The van der Waals surface area contributed by atoms with E-state index in [0.717, 1.165) is 0 Å². The number of hydrogen-bond donors (Lipinski definition) is 1. The quantitative estimate of drug-likeness (QED) is 0.878. The van der Waals surface area contributed by atoms with Crippen LogP contribution in [0.3, 0.4) is 0 Å². The van der Waals surface area contributed by atoms with Gasteiger partial charge in [-0.2, -0.15) is 0 Å². The fourth-order valence-corrected chi connectivity index (χ4v) is 2.92. The first-order valence-corrected chi connectivity index (χ1v) is 7.59. The molecular formula is C16H21F3N2O3. The molecule has 1 aromatic rings. The molecule has 0 unspecified atom stereocenters. The molecule has 1 aliphatic heterocycles. The fourth-order valence-electron chi connectivity index (χ4n) is 2.92. The van der Waals surface area contributed by atoms with Gasteiger partial charge >= 0.3 is 6.36 Å². The highest BCUT2D eigenvalue weighted by atomic mass is 19.4. The first-order chi connectivity index (χ1) is 11.2. The van der Waals surface area contributed by atoms with Crippen molar-refractivity contribution in [1.82, 2.24) is 9.80 Å². The monoisotopic (exact) mass is 346 g/mol. The fraction of sp³-hybridized carbons (Fsp3) is 0.562. The van der Waals surface area contributed by atoms with E-state index in [-0.39, 0.29) is 36.6 Å². The Labute approximate surface area is 138 Å². The average molecular weight is 346 g/mol. The largest absolute Gasteiger partial charge is 0.573 e. The molecule has 0 saturated carbocycles. The molecule has 1 N–H and O–H groups in total. The smallest absolute Gasteiger partial charge is 0.406 e. The molecule has 0 spiro atoms. The highest BCUT2D eigenvalue weighted by Gasteiger charge is 2.36. The van der Waals surface area contributed by atoms with E-state index < -0.39 is 6.36 Å². The van der Waals surface area contributed by atoms with Crippen LogP contribution in [-0.2, 0) is 11.2 Å². The molecule has 0 aliphatic carbocycles. The van der Waals surface area contributed by atoms with Crippen molar-refractivity contribution in [3.63, 3.8) is 0 Å². The lowest BCUT2D eigenvalue weighted by Gasteiger charge is -2.23. The van der Waals surface area contributed by atoms with Gasteiger partial charge in [-0.15, -0.1) is 13.2 Å². The van der Waals surface area contributed by atoms with Crippen molar-refractivity contribution >= 4 is 5.91 Å². The number of hydrogen-bond acceptors (Lipinski definition) is 4. The summed E-state index contributed by atoms with van der Waals surface area (Å²) in [7, 11) is 3.81. The number of likely N-dealkylation sites (tertiary alicyclic amines) is 1. The van der Waals surface area contributed by atoms with Crippen LogP contribution >= 0.6 is 0 Å². The summed E-state index contributed by atoms with van der Waals surface area (Å²) in [6.07, 6.45) is -4.63. The van der Waals surface area contributed by atoms with Gasteiger partial charge in [-0.3, -0.25) is 4.79 Å². The van der Waals surface area contributed by atoms with Gasteiger partial charge in [0.05, 0.1) is 6.42 Å². The van der Waals surface area contributed by atoms with E-state index in [1.54, 1.807) is 4.90 Å². The molecule has 2 rings (SSSR count). The van der Waals surface area contributed by atoms with Crippen LogP contribution in [0.2, 0.25) is 0 Å². The zero-order chi connectivity index (χ0) is 17.9. The summed E-state index contributed by atoms with van der Waals surface area (Å²) in [5.41, 5.74) is 0.614. The van der Waals surface area contributed by atoms with E-state index in [4.69, 9.17) is 0 Å². The SMILES string of the molecule is CN(C)[C@@H]1CN(C(=O)Cc2ccc(OC(F)(F)F)cc2)C[C@H]1CO. The summed E-state index contributed by atoms with van der Waals surface area (Å²) in [5, 5.41) is 9.43. The Morgan fingerprint density at radius 2 is 1.92 bits per heavy atom. The predicted octanol–water partition coefficient (Wildman–Crippen LogP) is 1.51. The second kappa shape index (κ2) is 7.40. The maximum Gasteiger partial charge on any atom is 0.573 e. The highest BCUT2D eigenvalue weighted by Crippen LogP contribution is 2.24. The summed E-state index contributed by atoms with van der Waals surface area (Å²) in [4.78, 5) is 16.0. The third-order valence-electron chi connectivity index (χ3n) is 4.17. The lowest BCUT2D eigenvalue weighted by molar-refractivity contribution is -0.274. The number of carbonyl (C=O) groups excluding carboxylic acids is 1. The Bertz CT molecular complexity index is 561. The Morgan fingerprint density at radius 1 is 1.29 bits per heavy atom. The average Bonchev–Trinajstić information content (AvgIpc) is 2.92. The number of likely N-dealkylation sites (N-methyl/N-ethyl adjacent to an activating group) is 1. The molecule has 1 heterocycles. The lowest BCUT2D eigenvalue weighted by Crippen LogP contribution is -2.37. The van der Waals surface area contributed by atoms with E-state index in [2.05, 4.69) is 4.74 Å². The van der Waals surface area contributed by atoms with E-state index in [0.29, 0.717) is 18.7 Å². The third kappa shape index (κ3) is 4.85. The molecule has 1 amide bonds. The zero-order valence-corrected chi connectivity index (χ0v) is 13.6. The minimum atomic E-state index is -4.73. The Kier molecular flexibility index (Phi) is 5.71. The van der Waals surface area contributed by atoms with Crippen molar-refractivity contribution in [1.29, 1.82) is 0 Å². The van der Waals surface area contributed by atoms with Crippen molar-refractivity contribution in [2.24, 2.45) is 5.92 Å². The number of amides is 1. The summed E-state index contributed by atoms with van der Waals surface area (Å²) in [6, 6.07) is 5.38. The van der Waals surface area contributed by atoms with E-state index >= 15 is 0 Å². The van der Waals surface area contributed by atoms with E-state index in [1.165, 1.54) is 24.3 Å². The summed E-state index contributed by atoms with van der Waals surface area (Å²) < 4.78 is 40.2. The van der Waals surface area contributed by atoms with Gasteiger partial charge < -0.3 is 19.6 Å². The molecule has 5 nitrogen and oxygen atoms in total. The maximum atomic E-state index is 12.4. The molecule has 0 radical (unpaired) electrons.